The number of benzene rings is 2. The summed E-state index contributed by atoms with van der Waals surface area (Å²) in [5.41, 5.74) is 3.82. The molecular formula is C24H28O. The molecule has 0 spiro atoms. The number of carbonyl (C=O) groups is 1. The van der Waals surface area contributed by atoms with E-state index in [1.165, 1.54) is 36.0 Å². The Hall–Kier alpha value is -2.15. The summed E-state index contributed by atoms with van der Waals surface area (Å²) in [5.74, 6) is 0.652. The van der Waals surface area contributed by atoms with Crippen LogP contribution in [-0.2, 0) is 4.79 Å². The molecule has 0 saturated heterocycles. The zero-order valence-corrected chi connectivity index (χ0v) is 15.2. The van der Waals surface area contributed by atoms with Crippen molar-refractivity contribution in [2.75, 3.05) is 0 Å². The Labute approximate surface area is 151 Å². The van der Waals surface area contributed by atoms with E-state index in [0.717, 1.165) is 12.8 Å². The van der Waals surface area contributed by atoms with Crippen molar-refractivity contribution in [2.24, 2.45) is 0 Å². The van der Waals surface area contributed by atoms with E-state index in [1.54, 1.807) is 0 Å². The van der Waals surface area contributed by atoms with Crippen LogP contribution in [0.5, 0.6) is 0 Å². The first-order chi connectivity index (χ1) is 12.3. The van der Waals surface area contributed by atoms with E-state index in [-0.39, 0.29) is 11.8 Å². The minimum Gasteiger partial charge on any atom is -0.299 e. The quantitative estimate of drug-likeness (QED) is 0.442. The van der Waals surface area contributed by atoms with Crippen LogP contribution in [0.4, 0.5) is 0 Å². The van der Waals surface area contributed by atoms with Gasteiger partial charge in [-0.2, -0.15) is 0 Å². The third kappa shape index (κ3) is 4.28. The Morgan fingerprint density at radius 3 is 2.36 bits per heavy atom. The maximum absolute atomic E-state index is 12.8. The molecular weight excluding hydrogens is 304 g/mol. The predicted molar refractivity (Wildman–Crippen MR) is 105 cm³/mol. The van der Waals surface area contributed by atoms with Crippen molar-refractivity contribution in [3.63, 3.8) is 0 Å². The third-order valence-corrected chi connectivity index (χ3v) is 5.25. The average Bonchev–Trinajstić information content (AvgIpc) is 2.65. The van der Waals surface area contributed by atoms with Crippen LogP contribution in [0.25, 0.3) is 0 Å². The second-order valence-corrected chi connectivity index (χ2v) is 7.02. The van der Waals surface area contributed by atoms with Crippen LogP contribution in [0, 0.1) is 0 Å². The highest BCUT2D eigenvalue weighted by Crippen LogP contribution is 2.37. The molecule has 0 unspecified atom stereocenters. The number of unbranched alkanes of at least 4 members (excludes halogenated alkanes) is 3. The van der Waals surface area contributed by atoms with E-state index in [2.05, 4.69) is 73.7 Å². The Bertz CT molecular complexity index is 714. The second-order valence-electron chi connectivity index (χ2n) is 7.02. The molecule has 2 atom stereocenters. The summed E-state index contributed by atoms with van der Waals surface area (Å²) in [7, 11) is 0. The summed E-state index contributed by atoms with van der Waals surface area (Å²) in [4.78, 5) is 12.8. The van der Waals surface area contributed by atoms with Gasteiger partial charge in [-0.1, -0.05) is 99.4 Å². The molecule has 25 heavy (non-hydrogen) atoms. The molecule has 0 aromatic heterocycles. The molecule has 0 N–H and O–H groups in total. The molecule has 1 nitrogen and oxygen atoms in total. The Balaban J connectivity index is 1.94. The fourth-order valence-corrected chi connectivity index (χ4v) is 3.89. The van der Waals surface area contributed by atoms with Crippen molar-refractivity contribution in [2.45, 2.75) is 57.3 Å². The maximum Gasteiger partial charge on any atom is 0.144 e. The van der Waals surface area contributed by atoms with Crippen molar-refractivity contribution < 1.29 is 4.79 Å². The summed E-state index contributed by atoms with van der Waals surface area (Å²) < 4.78 is 0. The fraction of sp³-hybridized carbons (Fsp3) is 0.375. The van der Waals surface area contributed by atoms with E-state index in [4.69, 9.17) is 0 Å². The number of carbonyl (C=O) groups excluding carboxylic acids is 1. The molecule has 2 aromatic carbocycles. The first-order valence-electron chi connectivity index (χ1n) is 9.64. The summed E-state index contributed by atoms with van der Waals surface area (Å²) in [5, 5.41) is 0. The molecule has 0 heterocycles. The molecule has 0 fully saturated rings. The number of allylic oxidation sites excluding steroid dienone is 2. The van der Waals surface area contributed by atoms with E-state index < -0.39 is 0 Å². The van der Waals surface area contributed by atoms with Gasteiger partial charge in [-0.05, 0) is 23.1 Å². The van der Waals surface area contributed by atoms with Crippen molar-refractivity contribution in [3.05, 3.63) is 83.4 Å². The lowest BCUT2D eigenvalue weighted by atomic mass is 9.78. The van der Waals surface area contributed by atoms with Crippen LogP contribution >= 0.6 is 0 Å². The van der Waals surface area contributed by atoms with Crippen molar-refractivity contribution in [1.82, 2.24) is 0 Å². The molecule has 2 aromatic rings. The van der Waals surface area contributed by atoms with Crippen LogP contribution in [0.15, 0.2) is 66.7 Å². The molecule has 0 aliphatic heterocycles. The second kappa shape index (κ2) is 8.80. The van der Waals surface area contributed by atoms with Gasteiger partial charge in [0.15, 0.2) is 0 Å². The van der Waals surface area contributed by atoms with Gasteiger partial charge in [0.1, 0.15) is 5.78 Å². The highest BCUT2D eigenvalue weighted by Gasteiger charge is 2.26. The van der Waals surface area contributed by atoms with E-state index in [9.17, 15) is 4.79 Å². The lowest BCUT2D eigenvalue weighted by Crippen LogP contribution is -2.17. The number of hydrogen-bond donors (Lipinski definition) is 0. The number of rotatable bonds is 6. The minimum atomic E-state index is 0.0456. The highest BCUT2D eigenvalue weighted by atomic mass is 16.1. The van der Waals surface area contributed by atoms with Gasteiger partial charge in [0, 0.05) is 18.3 Å². The molecule has 0 radical (unpaired) electrons. The zero-order valence-electron chi connectivity index (χ0n) is 15.2. The molecule has 0 bridgehead atoms. The normalized spacial score (nSPS) is 21.2. The lowest BCUT2D eigenvalue weighted by Gasteiger charge is -2.25. The summed E-state index contributed by atoms with van der Waals surface area (Å²) in [6.07, 6.45) is 10.7. The number of Topliss-reactive ketones (excluding diaryl/α,β-unsaturated/α-hetero) is 1. The average molecular weight is 332 g/mol. The SMILES string of the molecule is CCCCCC[C@H]1C(=O)C/C=C\[C@@H](c2ccccc2)c2ccccc21. The molecule has 0 saturated carbocycles. The summed E-state index contributed by atoms with van der Waals surface area (Å²) >= 11 is 0. The lowest BCUT2D eigenvalue weighted by molar-refractivity contribution is -0.119. The van der Waals surface area contributed by atoms with Crippen molar-refractivity contribution in [3.8, 4) is 0 Å². The Morgan fingerprint density at radius 2 is 1.60 bits per heavy atom. The summed E-state index contributed by atoms with van der Waals surface area (Å²) in [6.45, 7) is 2.23. The molecule has 1 aliphatic carbocycles. The first-order valence-corrected chi connectivity index (χ1v) is 9.64. The van der Waals surface area contributed by atoms with Crippen LogP contribution in [0.1, 0.15) is 74.0 Å². The first kappa shape index (κ1) is 17.7. The van der Waals surface area contributed by atoms with Crippen molar-refractivity contribution in [1.29, 1.82) is 0 Å². The van der Waals surface area contributed by atoms with Gasteiger partial charge in [-0.15, -0.1) is 0 Å². The van der Waals surface area contributed by atoms with Crippen LogP contribution in [-0.4, -0.2) is 5.78 Å². The fourth-order valence-electron chi connectivity index (χ4n) is 3.89. The van der Waals surface area contributed by atoms with E-state index in [0.29, 0.717) is 12.2 Å². The van der Waals surface area contributed by atoms with Crippen LogP contribution < -0.4 is 0 Å². The number of ketones is 1. The maximum atomic E-state index is 12.8. The molecule has 0 amide bonds. The minimum absolute atomic E-state index is 0.0456. The Morgan fingerprint density at radius 1 is 0.880 bits per heavy atom. The zero-order chi connectivity index (χ0) is 17.5. The van der Waals surface area contributed by atoms with Gasteiger partial charge < -0.3 is 0 Å². The smallest absolute Gasteiger partial charge is 0.144 e. The molecule has 3 rings (SSSR count). The highest BCUT2D eigenvalue weighted by molar-refractivity contribution is 5.87. The summed E-state index contributed by atoms with van der Waals surface area (Å²) in [6, 6.07) is 19.2. The van der Waals surface area contributed by atoms with Gasteiger partial charge >= 0.3 is 0 Å². The largest absolute Gasteiger partial charge is 0.299 e. The monoisotopic (exact) mass is 332 g/mol. The van der Waals surface area contributed by atoms with Gasteiger partial charge in [-0.3, -0.25) is 4.79 Å². The van der Waals surface area contributed by atoms with Gasteiger partial charge in [0.05, 0.1) is 0 Å². The standard InChI is InChI=1S/C24H28O/c1-2-3-4-8-16-23-22-15-10-9-14-21(22)20(17-11-18-24(23)25)19-12-6-5-7-13-19/h5-7,9-15,17,20,23H,2-4,8,16,18H2,1H3/b17-11-/t20-,23+/m0/s1. The van der Waals surface area contributed by atoms with Crippen LogP contribution in [0.2, 0.25) is 0 Å². The molecule has 1 heteroatoms. The van der Waals surface area contributed by atoms with Gasteiger partial charge in [0.25, 0.3) is 0 Å². The molecule has 1 aliphatic rings. The van der Waals surface area contributed by atoms with Gasteiger partial charge in [0.2, 0.25) is 0 Å². The molecule has 130 valence electrons. The van der Waals surface area contributed by atoms with Crippen LogP contribution in [0.3, 0.4) is 0 Å². The topological polar surface area (TPSA) is 17.1 Å². The number of fused-ring (bicyclic) bond motifs is 1. The van der Waals surface area contributed by atoms with E-state index >= 15 is 0 Å². The number of hydrogen-bond acceptors (Lipinski definition) is 1. The Kier molecular flexibility index (Phi) is 6.22. The van der Waals surface area contributed by atoms with Gasteiger partial charge in [-0.25, -0.2) is 0 Å². The van der Waals surface area contributed by atoms with Crippen molar-refractivity contribution >= 4 is 5.78 Å². The predicted octanol–water partition coefficient (Wildman–Crippen LogP) is 6.40. The third-order valence-electron chi connectivity index (χ3n) is 5.25. The van der Waals surface area contributed by atoms with E-state index in [1.807, 2.05) is 0 Å².